The number of H-pyrrole nitrogens is 1. The van der Waals surface area contributed by atoms with Gasteiger partial charge in [0.05, 0.1) is 12.6 Å². The van der Waals surface area contributed by atoms with Crippen molar-refractivity contribution in [2.75, 3.05) is 26.7 Å². The number of carbonyl (C=O) groups excluding carboxylic acids is 1. The van der Waals surface area contributed by atoms with Gasteiger partial charge >= 0.3 is 6.09 Å². The lowest BCUT2D eigenvalue weighted by Crippen LogP contribution is -2.48. The summed E-state index contributed by atoms with van der Waals surface area (Å²) in [6.07, 6.45) is 4.49. The third kappa shape index (κ3) is 6.76. The Balaban J connectivity index is 0.00000300. The Morgan fingerprint density at radius 3 is 2.86 bits per heavy atom. The predicted octanol–water partition coefficient (Wildman–Crippen LogP) is 3.16. The highest BCUT2D eigenvalue weighted by atomic mass is 127. The predicted molar refractivity (Wildman–Crippen MR) is 123 cm³/mol. The van der Waals surface area contributed by atoms with Crippen molar-refractivity contribution in [3.63, 3.8) is 0 Å². The number of ether oxygens (including phenoxy) is 1. The van der Waals surface area contributed by atoms with E-state index in [-0.39, 0.29) is 41.9 Å². The Hall–Kier alpha value is -2.04. The minimum atomic E-state index is -0.379. The van der Waals surface area contributed by atoms with Gasteiger partial charge in [-0.1, -0.05) is 0 Å². The van der Waals surface area contributed by atoms with Crippen LogP contribution in [0.4, 0.5) is 9.18 Å². The first kappa shape index (κ1) is 23.2. The molecule has 1 unspecified atom stereocenters. The molecule has 0 spiro atoms. The monoisotopic (exact) mass is 517 g/mol. The zero-order valence-corrected chi connectivity index (χ0v) is 19.1. The number of rotatable bonds is 8. The van der Waals surface area contributed by atoms with E-state index in [9.17, 15) is 9.18 Å². The van der Waals surface area contributed by atoms with Crippen molar-refractivity contribution in [1.29, 1.82) is 0 Å². The van der Waals surface area contributed by atoms with Crippen LogP contribution in [0.1, 0.15) is 25.3 Å². The smallest absolute Gasteiger partial charge is 0.407 e. The number of nitrogens with one attached hydrogen (secondary N) is 4. The molecule has 1 aromatic carbocycles. The molecule has 4 N–H and O–H groups in total. The lowest BCUT2D eigenvalue weighted by atomic mass is 10.1. The molecule has 1 atom stereocenters. The van der Waals surface area contributed by atoms with Gasteiger partial charge in [0, 0.05) is 37.2 Å². The molecule has 0 bridgehead atoms. The van der Waals surface area contributed by atoms with Crippen LogP contribution < -0.4 is 16.0 Å². The van der Waals surface area contributed by atoms with E-state index in [1.165, 1.54) is 6.07 Å². The maximum absolute atomic E-state index is 13.5. The fraction of sp³-hybridized carbons (Fsp3) is 0.500. The summed E-state index contributed by atoms with van der Waals surface area (Å²) >= 11 is 0. The molecule has 0 saturated heterocycles. The van der Waals surface area contributed by atoms with Gasteiger partial charge in [0.15, 0.2) is 5.96 Å². The molecule has 29 heavy (non-hydrogen) atoms. The lowest BCUT2D eigenvalue weighted by Gasteiger charge is -2.20. The number of halogens is 2. The van der Waals surface area contributed by atoms with E-state index < -0.39 is 0 Å². The van der Waals surface area contributed by atoms with Crippen LogP contribution in [0, 0.1) is 11.7 Å². The number of hydrogen-bond acceptors (Lipinski definition) is 3. The quantitative estimate of drug-likeness (QED) is 0.246. The minimum Gasteiger partial charge on any atom is -0.450 e. The molecule has 0 radical (unpaired) electrons. The number of aromatic nitrogens is 1. The number of amides is 1. The first-order valence-corrected chi connectivity index (χ1v) is 9.74. The van der Waals surface area contributed by atoms with Crippen molar-refractivity contribution in [2.45, 2.75) is 32.2 Å². The number of carbonyl (C=O) groups is 1. The van der Waals surface area contributed by atoms with E-state index in [2.05, 4.69) is 25.9 Å². The van der Waals surface area contributed by atoms with Crippen LogP contribution in [-0.2, 0) is 11.2 Å². The summed E-state index contributed by atoms with van der Waals surface area (Å²) in [5, 5.41) is 10.4. The van der Waals surface area contributed by atoms with Gasteiger partial charge in [-0.05, 0) is 55.9 Å². The third-order valence-electron chi connectivity index (χ3n) is 4.90. The molecule has 0 aliphatic heterocycles. The molecule has 2 aromatic rings. The van der Waals surface area contributed by atoms with Crippen LogP contribution in [0.2, 0.25) is 0 Å². The average Bonchev–Trinajstić information content (AvgIpc) is 3.45. The Morgan fingerprint density at radius 2 is 2.17 bits per heavy atom. The van der Waals surface area contributed by atoms with Gasteiger partial charge in [0.1, 0.15) is 5.82 Å². The molecular formula is C20H29FIN5O2. The number of guanidine groups is 1. The molecule has 160 valence electrons. The average molecular weight is 517 g/mol. The van der Waals surface area contributed by atoms with E-state index in [1.807, 2.05) is 6.20 Å². The molecule has 1 heterocycles. The number of aromatic amines is 1. The summed E-state index contributed by atoms with van der Waals surface area (Å²) in [6, 6.07) is 4.77. The number of benzene rings is 1. The summed E-state index contributed by atoms with van der Waals surface area (Å²) in [7, 11) is 1.71. The topological polar surface area (TPSA) is 90.5 Å². The number of aliphatic imine (C=N–C) groups is 1. The highest BCUT2D eigenvalue weighted by Crippen LogP contribution is 2.32. The molecule has 1 saturated carbocycles. The maximum Gasteiger partial charge on any atom is 0.407 e. The minimum absolute atomic E-state index is 0. The molecule has 1 aromatic heterocycles. The second kappa shape index (κ2) is 11.2. The standard InChI is InChI=1S/C20H28FN5O2.HI/c1-3-28-20(27)26-18(13-4-5-13)12-25-19(22-2)23-9-8-14-11-24-17-7-6-15(21)10-16(14)17;/h6-7,10-11,13,18,24H,3-5,8-9,12H2,1-2H3,(H,26,27)(H2,22,23,25);1H. The molecule has 1 aliphatic rings. The van der Waals surface area contributed by atoms with Gasteiger partial charge < -0.3 is 25.7 Å². The van der Waals surface area contributed by atoms with Crippen molar-refractivity contribution in [1.82, 2.24) is 20.9 Å². The van der Waals surface area contributed by atoms with E-state index >= 15 is 0 Å². The van der Waals surface area contributed by atoms with E-state index in [1.54, 1.807) is 26.1 Å². The van der Waals surface area contributed by atoms with Crippen molar-refractivity contribution < 1.29 is 13.9 Å². The molecule has 1 fully saturated rings. The Bertz CT molecular complexity index is 837. The van der Waals surface area contributed by atoms with Gasteiger partial charge in [-0.3, -0.25) is 4.99 Å². The van der Waals surface area contributed by atoms with Crippen LogP contribution in [0.15, 0.2) is 29.4 Å². The Morgan fingerprint density at radius 1 is 1.38 bits per heavy atom. The molecular weight excluding hydrogens is 488 g/mol. The van der Waals surface area contributed by atoms with Crippen molar-refractivity contribution in [3.8, 4) is 0 Å². The van der Waals surface area contributed by atoms with Gasteiger partial charge in [-0.2, -0.15) is 0 Å². The summed E-state index contributed by atoms with van der Waals surface area (Å²) in [5.74, 6) is 0.914. The van der Waals surface area contributed by atoms with Crippen molar-refractivity contribution in [2.24, 2.45) is 10.9 Å². The lowest BCUT2D eigenvalue weighted by molar-refractivity contribution is 0.146. The number of nitrogens with zero attached hydrogens (tertiary/aromatic N) is 1. The van der Waals surface area contributed by atoms with Crippen LogP contribution >= 0.6 is 24.0 Å². The zero-order valence-electron chi connectivity index (χ0n) is 16.8. The Labute approximate surface area is 187 Å². The second-order valence-electron chi connectivity index (χ2n) is 6.94. The molecule has 9 heteroatoms. The van der Waals surface area contributed by atoms with E-state index in [4.69, 9.17) is 4.74 Å². The molecule has 7 nitrogen and oxygen atoms in total. The van der Waals surface area contributed by atoms with E-state index in [0.29, 0.717) is 31.6 Å². The largest absolute Gasteiger partial charge is 0.450 e. The summed E-state index contributed by atoms with van der Waals surface area (Å²) in [6.45, 7) is 3.39. The van der Waals surface area contributed by atoms with Gasteiger partial charge in [0.2, 0.25) is 0 Å². The third-order valence-corrected chi connectivity index (χ3v) is 4.90. The molecule has 1 amide bonds. The van der Waals surface area contributed by atoms with Crippen molar-refractivity contribution >= 4 is 46.9 Å². The normalized spacial score (nSPS) is 14.8. The van der Waals surface area contributed by atoms with E-state index in [0.717, 1.165) is 35.7 Å². The fourth-order valence-corrected chi connectivity index (χ4v) is 3.26. The second-order valence-corrected chi connectivity index (χ2v) is 6.94. The molecule has 3 rings (SSSR count). The highest BCUT2D eigenvalue weighted by molar-refractivity contribution is 14.0. The Kier molecular flexibility index (Phi) is 8.99. The highest BCUT2D eigenvalue weighted by Gasteiger charge is 2.32. The summed E-state index contributed by atoms with van der Waals surface area (Å²) in [5.41, 5.74) is 1.98. The van der Waals surface area contributed by atoms with Crippen molar-refractivity contribution in [3.05, 3.63) is 35.8 Å². The molecule has 1 aliphatic carbocycles. The van der Waals surface area contributed by atoms with Gasteiger partial charge in [0.25, 0.3) is 0 Å². The van der Waals surface area contributed by atoms with Crippen LogP contribution in [0.25, 0.3) is 10.9 Å². The van der Waals surface area contributed by atoms with Gasteiger partial charge in [-0.15, -0.1) is 24.0 Å². The van der Waals surface area contributed by atoms with Gasteiger partial charge in [-0.25, -0.2) is 9.18 Å². The zero-order chi connectivity index (χ0) is 19.9. The SMILES string of the molecule is CCOC(=O)NC(CNC(=NC)NCCc1c[nH]c2ccc(F)cc12)C1CC1.I. The number of fused-ring (bicyclic) bond motifs is 1. The van der Waals surface area contributed by atoms with Crippen LogP contribution in [-0.4, -0.2) is 49.8 Å². The maximum atomic E-state index is 13.5. The first-order chi connectivity index (χ1) is 13.6. The fourth-order valence-electron chi connectivity index (χ4n) is 3.26. The van der Waals surface area contributed by atoms with Crippen LogP contribution in [0.5, 0.6) is 0 Å². The van der Waals surface area contributed by atoms with Crippen LogP contribution in [0.3, 0.4) is 0 Å². The number of hydrogen-bond donors (Lipinski definition) is 4. The summed E-state index contributed by atoms with van der Waals surface area (Å²) in [4.78, 5) is 19.1. The first-order valence-electron chi connectivity index (χ1n) is 9.74. The number of alkyl carbamates (subject to hydrolysis) is 1. The summed E-state index contributed by atoms with van der Waals surface area (Å²) < 4.78 is 18.5.